The fraction of sp³-hybridized carbons (Fsp3) is 0.120. The summed E-state index contributed by atoms with van der Waals surface area (Å²) in [5.74, 6) is -0.264. The average Bonchev–Trinajstić information content (AvgIpc) is 3.47. The molecule has 1 aliphatic heterocycles. The van der Waals surface area contributed by atoms with Gasteiger partial charge in [0.15, 0.2) is 0 Å². The van der Waals surface area contributed by atoms with Gasteiger partial charge in [0, 0.05) is 42.8 Å². The Kier molecular flexibility index (Phi) is 5.62. The lowest BCUT2D eigenvalue weighted by molar-refractivity contribution is -0.117. The largest absolute Gasteiger partial charge is 0.322 e. The number of carbonyl (C=O) groups is 2. The van der Waals surface area contributed by atoms with Crippen LogP contribution in [0.2, 0.25) is 5.02 Å². The van der Waals surface area contributed by atoms with Crippen molar-refractivity contribution in [2.75, 3.05) is 16.8 Å². The van der Waals surface area contributed by atoms with E-state index in [1.54, 1.807) is 52.4 Å². The van der Waals surface area contributed by atoms with E-state index in [1.807, 2.05) is 36.4 Å². The maximum Gasteiger partial charge on any atom is 0.259 e. The summed E-state index contributed by atoms with van der Waals surface area (Å²) in [4.78, 5) is 31.2. The van der Waals surface area contributed by atoms with Crippen LogP contribution in [0.25, 0.3) is 16.9 Å². The smallest absolute Gasteiger partial charge is 0.259 e. The van der Waals surface area contributed by atoms with E-state index in [0.29, 0.717) is 40.6 Å². The number of carbonyl (C=O) groups excluding carboxylic acids is 2. The second-order valence-corrected chi connectivity index (χ2v) is 8.09. The Hall–Kier alpha value is -3.97. The van der Waals surface area contributed by atoms with Gasteiger partial charge in [0.2, 0.25) is 5.91 Å². The first-order valence-corrected chi connectivity index (χ1v) is 10.9. The second kappa shape index (κ2) is 8.88. The first kappa shape index (κ1) is 20.9. The van der Waals surface area contributed by atoms with Gasteiger partial charge >= 0.3 is 0 Å². The number of rotatable bonds is 5. The molecule has 0 bridgehead atoms. The van der Waals surface area contributed by atoms with Crippen molar-refractivity contribution in [2.45, 2.75) is 12.8 Å². The van der Waals surface area contributed by atoms with Crippen molar-refractivity contribution in [3.63, 3.8) is 0 Å². The van der Waals surface area contributed by atoms with Crippen molar-refractivity contribution in [1.29, 1.82) is 0 Å². The number of pyridine rings is 1. The lowest BCUT2D eigenvalue weighted by Crippen LogP contribution is -2.24. The lowest BCUT2D eigenvalue weighted by Gasteiger charge is -2.18. The lowest BCUT2D eigenvalue weighted by atomic mass is 10.1. The van der Waals surface area contributed by atoms with Gasteiger partial charge in [-0.05, 0) is 48.9 Å². The number of hydrogen-bond donors (Lipinski definition) is 1. The fourth-order valence-electron chi connectivity index (χ4n) is 3.87. The van der Waals surface area contributed by atoms with Crippen LogP contribution in [0.5, 0.6) is 0 Å². The Morgan fingerprint density at radius 1 is 1.06 bits per heavy atom. The Morgan fingerprint density at radius 3 is 2.61 bits per heavy atom. The predicted molar refractivity (Wildman–Crippen MR) is 128 cm³/mol. The summed E-state index contributed by atoms with van der Waals surface area (Å²) in [5, 5.41) is 7.97. The van der Waals surface area contributed by atoms with Gasteiger partial charge < -0.3 is 10.2 Å². The summed E-state index contributed by atoms with van der Waals surface area (Å²) in [6, 6.07) is 18.4. The number of para-hydroxylation sites is 1. The van der Waals surface area contributed by atoms with Gasteiger partial charge in [-0.2, -0.15) is 5.10 Å². The van der Waals surface area contributed by atoms with Crippen LogP contribution in [0.15, 0.2) is 79.3 Å². The zero-order valence-corrected chi connectivity index (χ0v) is 18.4. The molecule has 0 spiro atoms. The van der Waals surface area contributed by atoms with E-state index in [1.165, 1.54) is 0 Å². The molecule has 2 amide bonds. The van der Waals surface area contributed by atoms with Gasteiger partial charge in [-0.3, -0.25) is 14.6 Å². The van der Waals surface area contributed by atoms with E-state index in [0.717, 1.165) is 17.7 Å². The number of nitrogens with one attached hydrogen (secondary N) is 1. The molecule has 33 heavy (non-hydrogen) atoms. The molecule has 0 atom stereocenters. The monoisotopic (exact) mass is 457 g/mol. The minimum absolute atomic E-state index is 0.0584. The fourth-order valence-corrected chi connectivity index (χ4v) is 4.16. The summed E-state index contributed by atoms with van der Waals surface area (Å²) in [7, 11) is 0. The number of amides is 2. The van der Waals surface area contributed by atoms with Crippen molar-refractivity contribution >= 4 is 34.8 Å². The Balaban J connectivity index is 1.46. The van der Waals surface area contributed by atoms with Crippen molar-refractivity contribution < 1.29 is 9.59 Å². The van der Waals surface area contributed by atoms with E-state index in [9.17, 15) is 9.59 Å². The van der Waals surface area contributed by atoms with Crippen LogP contribution in [0, 0.1) is 0 Å². The van der Waals surface area contributed by atoms with E-state index in [-0.39, 0.29) is 11.8 Å². The molecule has 8 heteroatoms. The van der Waals surface area contributed by atoms with Crippen molar-refractivity contribution in [2.24, 2.45) is 0 Å². The predicted octanol–water partition coefficient (Wildman–Crippen LogP) is 4.97. The normalized spacial score (nSPS) is 13.4. The van der Waals surface area contributed by atoms with Gasteiger partial charge in [-0.1, -0.05) is 29.8 Å². The molecular weight excluding hydrogens is 438 g/mol. The molecule has 3 heterocycles. The van der Waals surface area contributed by atoms with Gasteiger partial charge in [-0.25, -0.2) is 4.68 Å². The summed E-state index contributed by atoms with van der Waals surface area (Å²) in [6.45, 7) is 0.650. The van der Waals surface area contributed by atoms with Gasteiger partial charge in [0.05, 0.1) is 22.0 Å². The highest BCUT2D eigenvalue weighted by Crippen LogP contribution is 2.32. The van der Waals surface area contributed by atoms with Crippen molar-refractivity contribution in [3.8, 4) is 16.9 Å². The Bertz CT molecular complexity index is 1320. The molecule has 1 N–H and O–H groups in total. The Morgan fingerprint density at radius 2 is 1.91 bits per heavy atom. The molecule has 2 aromatic heterocycles. The standard InChI is InChI=1S/C25H20ClN5O2/c26-21-14-18(10-11-22(21)30-13-5-9-23(30)32)28-25(33)20-16-31(19-7-2-1-3-8-19)29-24(20)17-6-4-12-27-15-17/h1-4,6-8,10-12,14-16H,5,9,13H2,(H,28,33). The molecule has 0 saturated carbocycles. The SMILES string of the molecule is O=C(Nc1ccc(N2CCCC2=O)c(Cl)c1)c1cn(-c2ccccc2)nc1-c1cccnc1. The molecule has 4 aromatic rings. The maximum atomic E-state index is 13.3. The quantitative estimate of drug-likeness (QED) is 0.459. The number of hydrogen-bond acceptors (Lipinski definition) is 4. The van der Waals surface area contributed by atoms with E-state index in [2.05, 4.69) is 15.4 Å². The summed E-state index contributed by atoms with van der Waals surface area (Å²) < 4.78 is 1.67. The van der Waals surface area contributed by atoms with Crippen LogP contribution in [0.1, 0.15) is 23.2 Å². The third kappa shape index (κ3) is 4.23. The number of aromatic nitrogens is 3. The van der Waals surface area contributed by atoms with Gasteiger partial charge in [0.1, 0.15) is 5.69 Å². The molecule has 2 aromatic carbocycles. The van der Waals surface area contributed by atoms with E-state index >= 15 is 0 Å². The van der Waals surface area contributed by atoms with Crippen LogP contribution in [0.4, 0.5) is 11.4 Å². The first-order chi connectivity index (χ1) is 16.1. The number of halogens is 1. The highest BCUT2D eigenvalue weighted by Gasteiger charge is 2.24. The van der Waals surface area contributed by atoms with Crippen molar-refractivity contribution in [1.82, 2.24) is 14.8 Å². The van der Waals surface area contributed by atoms with Crippen LogP contribution in [0.3, 0.4) is 0 Å². The van der Waals surface area contributed by atoms with E-state index in [4.69, 9.17) is 11.6 Å². The second-order valence-electron chi connectivity index (χ2n) is 7.68. The molecule has 5 rings (SSSR count). The molecule has 0 unspecified atom stereocenters. The minimum atomic E-state index is -0.322. The molecule has 1 aliphatic rings. The molecular formula is C25H20ClN5O2. The number of benzene rings is 2. The third-order valence-electron chi connectivity index (χ3n) is 5.48. The zero-order valence-electron chi connectivity index (χ0n) is 17.6. The van der Waals surface area contributed by atoms with Crippen LogP contribution >= 0.6 is 11.6 Å². The van der Waals surface area contributed by atoms with Gasteiger partial charge in [-0.15, -0.1) is 0 Å². The zero-order chi connectivity index (χ0) is 22.8. The molecule has 1 saturated heterocycles. The summed E-state index contributed by atoms with van der Waals surface area (Å²) in [6.07, 6.45) is 6.39. The van der Waals surface area contributed by atoms with Crippen LogP contribution in [-0.2, 0) is 4.79 Å². The maximum absolute atomic E-state index is 13.3. The molecule has 164 valence electrons. The molecule has 0 radical (unpaired) electrons. The highest BCUT2D eigenvalue weighted by atomic mass is 35.5. The van der Waals surface area contributed by atoms with Crippen LogP contribution in [-0.4, -0.2) is 33.1 Å². The molecule has 7 nitrogen and oxygen atoms in total. The number of anilines is 2. The molecule has 1 fully saturated rings. The van der Waals surface area contributed by atoms with Crippen molar-refractivity contribution in [3.05, 3.63) is 89.8 Å². The van der Waals surface area contributed by atoms with Gasteiger partial charge in [0.25, 0.3) is 5.91 Å². The third-order valence-corrected chi connectivity index (χ3v) is 5.79. The first-order valence-electron chi connectivity index (χ1n) is 10.6. The van der Waals surface area contributed by atoms with Crippen LogP contribution < -0.4 is 10.2 Å². The highest BCUT2D eigenvalue weighted by molar-refractivity contribution is 6.34. The summed E-state index contributed by atoms with van der Waals surface area (Å²) in [5.41, 5.74) is 3.69. The topological polar surface area (TPSA) is 80.1 Å². The molecule has 0 aliphatic carbocycles. The minimum Gasteiger partial charge on any atom is -0.322 e. The average molecular weight is 458 g/mol. The van der Waals surface area contributed by atoms with E-state index < -0.39 is 0 Å². The number of nitrogens with zero attached hydrogens (tertiary/aromatic N) is 4. The Labute approximate surface area is 195 Å². The summed E-state index contributed by atoms with van der Waals surface area (Å²) >= 11 is 6.45.